The van der Waals surface area contributed by atoms with Gasteiger partial charge in [-0.2, -0.15) is 13.9 Å². The fourth-order valence-corrected chi connectivity index (χ4v) is 2.91. The monoisotopic (exact) mass is 376 g/mol. The highest BCUT2D eigenvalue weighted by molar-refractivity contribution is 6.30. The number of hydrogen-bond donors (Lipinski definition) is 0. The Hall–Kier alpha value is -2.54. The zero-order chi connectivity index (χ0) is 18.1. The van der Waals surface area contributed by atoms with Gasteiger partial charge in [-0.3, -0.25) is 0 Å². The molecule has 4 rings (SSSR count). The van der Waals surface area contributed by atoms with Crippen LogP contribution in [-0.2, 0) is 6.54 Å². The Bertz CT molecular complexity index is 927. The molecule has 1 aliphatic rings. The fourth-order valence-electron chi connectivity index (χ4n) is 2.72. The van der Waals surface area contributed by atoms with E-state index < -0.39 is 6.61 Å². The molecule has 1 aliphatic carbocycles. The molecule has 0 unspecified atom stereocenters. The lowest BCUT2D eigenvalue weighted by Gasteiger charge is -2.12. The lowest BCUT2D eigenvalue weighted by molar-refractivity contribution is -0.0524. The molecule has 2 aromatic heterocycles. The first-order valence-electron chi connectivity index (χ1n) is 8.17. The second-order valence-corrected chi connectivity index (χ2v) is 6.60. The van der Waals surface area contributed by atoms with Gasteiger partial charge in [-0.1, -0.05) is 23.7 Å². The fraction of sp³-hybridized carbons (Fsp3) is 0.278. The molecule has 0 saturated heterocycles. The van der Waals surface area contributed by atoms with Gasteiger partial charge in [0.1, 0.15) is 6.33 Å². The van der Waals surface area contributed by atoms with Crippen LogP contribution in [0.4, 0.5) is 8.78 Å². The molecule has 0 amide bonds. The number of alkyl halides is 2. The molecule has 0 radical (unpaired) electrons. The van der Waals surface area contributed by atoms with Gasteiger partial charge in [-0.25, -0.2) is 14.6 Å². The molecule has 134 valence electrons. The van der Waals surface area contributed by atoms with Crippen molar-refractivity contribution < 1.29 is 13.5 Å². The third-order valence-corrected chi connectivity index (χ3v) is 4.32. The number of rotatable bonds is 6. The molecule has 0 atom stereocenters. The maximum absolute atomic E-state index is 12.7. The highest BCUT2D eigenvalue weighted by Gasteiger charge is 2.27. The number of hydrogen-bond acceptors (Lipinski definition) is 4. The van der Waals surface area contributed by atoms with Crippen LogP contribution >= 0.6 is 11.6 Å². The van der Waals surface area contributed by atoms with E-state index in [1.807, 2.05) is 0 Å². The number of aromatic nitrogens is 4. The predicted octanol–water partition coefficient (Wildman–Crippen LogP) is 4.52. The van der Waals surface area contributed by atoms with Gasteiger partial charge in [0, 0.05) is 22.7 Å². The van der Waals surface area contributed by atoms with Crippen LogP contribution in [0.25, 0.3) is 11.1 Å². The highest BCUT2D eigenvalue weighted by atomic mass is 35.5. The van der Waals surface area contributed by atoms with Gasteiger partial charge in [0.2, 0.25) is 5.88 Å². The standard InChI is InChI=1S/C18H15ClF2N4O/c19-14-3-1-2-13(7-14)15-6-11(8-22-17(15)26-18(20)21)9-25-10-23-16(24-25)12-4-5-12/h1-3,6-8,10,12,18H,4-5,9H2. The van der Waals surface area contributed by atoms with E-state index in [0.29, 0.717) is 28.6 Å². The Labute approximate surface area is 153 Å². The zero-order valence-corrected chi connectivity index (χ0v) is 14.4. The van der Waals surface area contributed by atoms with E-state index in [4.69, 9.17) is 11.6 Å². The summed E-state index contributed by atoms with van der Waals surface area (Å²) in [5.74, 6) is 1.19. The van der Waals surface area contributed by atoms with Crippen LogP contribution in [0, 0.1) is 0 Å². The van der Waals surface area contributed by atoms with Gasteiger partial charge in [0.15, 0.2) is 5.82 Å². The van der Waals surface area contributed by atoms with Crippen molar-refractivity contribution in [3.8, 4) is 17.0 Å². The quantitative estimate of drug-likeness (QED) is 0.634. The van der Waals surface area contributed by atoms with E-state index in [9.17, 15) is 8.78 Å². The van der Waals surface area contributed by atoms with Gasteiger partial charge in [0.05, 0.1) is 6.54 Å². The number of nitrogens with zero attached hydrogens (tertiary/aromatic N) is 4. The Kier molecular flexibility index (Phi) is 4.55. The Morgan fingerprint density at radius 2 is 2.08 bits per heavy atom. The van der Waals surface area contributed by atoms with Crippen molar-refractivity contribution in [3.63, 3.8) is 0 Å². The number of halogens is 3. The van der Waals surface area contributed by atoms with Crippen LogP contribution in [0.5, 0.6) is 5.88 Å². The Morgan fingerprint density at radius 3 is 2.81 bits per heavy atom. The summed E-state index contributed by atoms with van der Waals surface area (Å²) in [6.45, 7) is -2.52. The third-order valence-electron chi connectivity index (χ3n) is 4.09. The largest absolute Gasteiger partial charge is 0.416 e. The maximum atomic E-state index is 12.7. The second-order valence-electron chi connectivity index (χ2n) is 6.16. The summed E-state index contributed by atoms with van der Waals surface area (Å²) in [7, 11) is 0. The van der Waals surface area contributed by atoms with Crippen molar-refractivity contribution in [2.75, 3.05) is 0 Å². The smallest absolute Gasteiger partial charge is 0.388 e. The van der Waals surface area contributed by atoms with E-state index in [1.165, 1.54) is 6.20 Å². The first-order chi connectivity index (χ1) is 12.6. The van der Waals surface area contributed by atoms with Crippen molar-refractivity contribution >= 4 is 11.6 Å². The molecule has 5 nitrogen and oxygen atoms in total. The number of pyridine rings is 1. The van der Waals surface area contributed by atoms with Crippen LogP contribution in [-0.4, -0.2) is 26.4 Å². The average molecular weight is 377 g/mol. The molecule has 1 aromatic carbocycles. The minimum Gasteiger partial charge on any atom is -0.416 e. The highest BCUT2D eigenvalue weighted by Crippen LogP contribution is 2.37. The molecule has 1 saturated carbocycles. The summed E-state index contributed by atoms with van der Waals surface area (Å²) in [5, 5.41) is 4.96. The summed E-state index contributed by atoms with van der Waals surface area (Å²) in [4.78, 5) is 8.38. The molecule has 0 bridgehead atoms. The van der Waals surface area contributed by atoms with Gasteiger partial charge in [0.25, 0.3) is 0 Å². The zero-order valence-electron chi connectivity index (χ0n) is 13.6. The summed E-state index contributed by atoms with van der Waals surface area (Å²) in [6, 6.07) is 8.67. The van der Waals surface area contributed by atoms with Crippen LogP contribution in [0.2, 0.25) is 5.02 Å². The first-order valence-corrected chi connectivity index (χ1v) is 8.55. The molecule has 0 spiro atoms. The summed E-state index contributed by atoms with van der Waals surface area (Å²) in [6.07, 6.45) is 5.44. The predicted molar refractivity (Wildman–Crippen MR) is 92.4 cm³/mol. The first kappa shape index (κ1) is 16.9. The Balaban J connectivity index is 1.66. The van der Waals surface area contributed by atoms with E-state index in [2.05, 4.69) is 19.8 Å². The molecule has 0 N–H and O–H groups in total. The van der Waals surface area contributed by atoms with E-state index in [1.54, 1.807) is 41.3 Å². The van der Waals surface area contributed by atoms with Crippen molar-refractivity contribution in [2.24, 2.45) is 0 Å². The molecule has 8 heteroatoms. The Morgan fingerprint density at radius 1 is 1.23 bits per heavy atom. The molecule has 1 fully saturated rings. The summed E-state index contributed by atoms with van der Waals surface area (Å²) >= 11 is 6.03. The number of benzene rings is 1. The van der Waals surface area contributed by atoms with Crippen LogP contribution in [0.15, 0.2) is 42.9 Å². The van der Waals surface area contributed by atoms with Crippen molar-refractivity contribution in [2.45, 2.75) is 31.9 Å². The number of ether oxygens (including phenoxy) is 1. The SMILES string of the molecule is FC(F)Oc1ncc(Cn2cnc(C3CC3)n2)cc1-c1cccc(Cl)c1. The molecule has 26 heavy (non-hydrogen) atoms. The molecular formula is C18H15ClF2N4O. The van der Waals surface area contributed by atoms with Gasteiger partial charge in [-0.15, -0.1) is 0 Å². The van der Waals surface area contributed by atoms with Gasteiger partial charge < -0.3 is 4.74 Å². The van der Waals surface area contributed by atoms with Gasteiger partial charge >= 0.3 is 6.61 Å². The molecule has 2 heterocycles. The van der Waals surface area contributed by atoms with Crippen LogP contribution < -0.4 is 4.74 Å². The van der Waals surface area contributed by atoms with Crippen LogP contribution in [0.3, 0.4) is 0 Å². The summed E-state index contributed by atoms with van der Waals surface area (Å²) in [5.41, 5.74) is 1.90. The average Bonchev–Trinajstić information content (AvgIpc) is 3.36. The van der Waals surface area contributed by atoms with Crippen molar-refractivity contribution in [3.05, 3.63) is 59.3 Å². The van der Waals surface area contributed by atoms with E-state index >= 15 is 0 Å². The second kappa shape index (κ2) is 6.99. The van der Waals surface area contributed by atoms with Gasteiger partial charge in [-0.05, 0) is 42.2 Å². The maximum Gasteiger partial charge on any atom is 0.388 e. The third kappa shape index (κ3) is 3.83. The normalized spacial score (nSPS) is 14.0. The molecular weight excluding hydrogens is 362 g/mol. The minimum atomic E-state index is -2.96. The lowest BCUT2D eigenvalue weighted by atomic mass is 10.1. The topological polar surface area (TPSA) is 52.8 Å². The van der Waals surface area contributed by atoms with E-state index in [0.717, 1.165) is 24.2 Å². The molecule has 3 aromatic rings. The van der Waals surface area contributed by atoms with Crippen LogP contribution in [0.1, 0.15) is 30.1 Å². The molecule has 0 aliphatic heterocycles. The lowest BCUT2D eigenvalue weighted by Crippen LogP contribution is -2.07. The van der Waals surface area contributed by atoms with Crippen molar-refractivity contribution in [1.82, 2.24) is 19.7 Å². The minimum absolute atomic E-state index is 0.136. The summed E-state index contributed by atoms with van der Waals surface area (Å²) < 4.78 is 31.7. The van der Waals surface area contributed by atoms with Crippen molar-refractivity contribution in [1.29, 1.82) is 0 Å². The van der Waals surface area contributed by atoms with E-state index in [-0.39, 0.29) is 5.88 Å².